The number of anilines is 1. The van der Waals surface area contributed by atoms with E-state index in [0.717, 1.165) is 40.5 Å². The van der Waals surface area contributed by atoms with E-state index in [1.54, 1.807) is 18.4 Å². The molecule has 2 N–H and O–H groups in total. The number of nitrogens with zero attached hydrogens (tertiary/aromatic N) is 2. The Morgan fingerprint density at radius 1 is 1.20 bits per heavy atom. The molecule has 3 rings (SSSR count). The zero-order valence-corrected chi connectivity index (χ0v) is 16.5. The minimum Gasteiger partial charge on any atom is -0.352 e. The molecule has 7 heteroatoms. The van der Waals surface area contributed by atoms with Gasteiger partial charge in [0.05, 0.1) is 10.3 Å². The Morgan fingerprint density at radius 2 is 1.96 bits per heavy atom. The lowest BCUT2D eigenvalue weighted by molar-refractivity contribution is -0.117. The Kier molecular flexibility index (Phi) is 6.09. The molecular formula is C18H21BrN4OS. The third-order valence-electron chi connectivity index (χ3n) is 4.06. The van der Waals surface area contributed by atoms with Gasteiger partial charge in [-0.15, -0.1) is 11.3 Å². The summed E-state index contributed by atoms with van der Waals surface area (Å²) in [7, 11) is 1.77. The summed E-state index contributed by atoms with van der Waals surface area (Å²) in [6.45, 7) is 2.25. The highest BCUT2D eigenvalue weighted by Crippen LogP contribution is 2.22. The number of nitrogens with one attached hydrogen (secondary N) is 2. The van der Waals surface area contributed by atoms with Crippen molar-refractivity contribution in [2.24, 2.45) is 4.99 Å². The summed E-state index contributed by atoms with van der Waals surface area (Å²) in [4.78, 5) is 19.1. The van der Waals surface area contributed by atoms with Gasteiger partial charge in [-0.05, 0) is 52.2 Å². The molecule has 1 aliphatic rings. The van der Waals surface area contributed by atoms with Crippen molar-refractivity contribution in [1.29, 1.82) is 0 Å². The van der Waals surface area contributed by atoms with Crippen molar-refractivity contribution in [1.82, 2.24) is 10.6 Å². The van der Waals surface area contributed by atoms with E-state index < -0.39 is 0 Å². The Morgan fingerprint density at radius 3 is 2.56 bits per heavy atom. The van der Waals surface area contributed by atoms with E-state index in [1.807, 2.05) is 23.1 Å². The van der Waals surface area contributed by atoms with Gasteiger partial charge in [-0.1, -0.05) is 12.1 Å². The summed E-state index contributed by atoms with van der Waals surface area (Å²) in [6.07, 6.45) is 1.61. The van der Waals surface area contributed by atoms with Crippen LogP contribution in [0, 0.1) is 0 Å². The first-order valence-electron chi connectivity index (χ1n) is 8.24. The van der Waals surface area contributed by atoms with Gasteiger partial charge in [0.15, 0.2) is 5.96 Å². The average Bonchev–Trinajstić information content (AvgIpc) is 3.24. The smallest absolute Gasteiger partial charge is 0.227 e. The molecule has 0 spiro atoms. The highest BCUT2D eigenvalue weighted by atomic mass is 79.9. The molecule has 0 atom stereocenters. The van der Waals surface area contributed by atoms with Crippen LogP contribution in [0.15, 0.2) is 45.2 Å². The summed E-state index contributed by atoms with van der Waals surface area (Å²) in [5.41, 5.74) is 2.13. The van der Waals surface area contributed by atoms with E-state index in [9.17, 15) is 4.79 Å². The highest BCUT2D eigenvalue weighted by Gasteiger charge is 2.21. The van der Waals surface area contributed by atoms with Gasteiger partial charge in [0.2, 0.25) is 5.91 Å². The molecule has 1 saturated heterocycles. The molecule has 1 aliphatic heterocycles. The zero-order valence-electron chi connectivity index (χ0n) is 14.1. The molecule has 132 valence electrons. The normalized spacial score (nSPS) is 14.9. The molecule has 5 nitrogen and oxygen atoms in total. The lowest BCUT2D eigenvalue weighted by Gasteiger charge is -2.16. The Balaban J connectivity index is 1.50. The van der Waals surface area contributed by atoms with Crippen molar-refractivity contribution < 1.29 is 4.79 Å². The lowest BCUT2D eigenvalue weighted by Crippen LogP contribution is -2.36. The molecule has 0 aliphatic carbocycles. The second-order valence-electron chi connectivity index (χ2n) is 5.80. The predicted octanol–water partition coefficient (Wildman–Crippen LogP) is 3.50. The van der Waals surface area contributed by atoms with E-state index in [2.05, 4.69) is 49.8 Å². The van der Waals surface area contributed by atoms with E-state index in [4.69, 9.17) is 0 Å². The van der Waals surface area contributed by atoms with Crippen LogP contribution in [0.3, 0.4) is 0 Å². The van der Waals surface area contributed by atoms with Crippen molar-refractivity contribution in [3.63, 3.8) is 0 Å². The average molecular weight is 421 g/mol. The Hall–Kier alpha value is -1.86. The van der Waals surface area contributed by atoms with Crippen LogP contribution >= 0.6 is 27.3 Å². The quantitative estimate of drug-likeness (QED) is 0.574. The summed E-state index contributed by atoms with van der Waals surface area (Å²) in [5, 5.41) is 6.62. The molecular weight excluding hydrogens is 400 g/mol. The molecule has 1 amide bonds. The van der Waals surface area contributed by atoms with Crippen molar-refractivity contribution in [3.8, 4) is 0 Å². The number of carbonyl (C=O) groups is 1. The van der Waals surface area contributed by atoms with Gasteiger partial charge in [-0.3, -0.25) is 9.79 Å². The summed E-state index contributed by atoms with van der Waals surface area (Å²) >= 11 is 5.18. The number of amides is 1. The first kappa shape index (κ1) is 17.9. The first-order chi connectivity index (χ1) is 12.2. The SMILES string of the molecule is CN=C(NCc1ccc(N2CCCC2=O)cc1)NCc1ccc(Br)s1. The lowest BCUT2D eigenvalue weighted by atomic mass is 10.2. The van der Waals surface area contributed by atoms with Crippen LogP contribution in [-0.2, 0) is 17.9 Å². The number of thiophene rings is 1. The molecule has 1 aromatic heterocycles. The van der Waals surface area contributed by atoms with Crippen molar-refractivity contribution in [2.75, 3.05) is 18.5 Å². The van der Waals surface area contributed by atoms with Gasteiger partial charge in [-0.25, -0.2) is 0 Å². The summed E-state index contributed by atoms with van der Waals surface area (Å²) in [6, 6.07) is 12.3. The van der Waals surface area contributed by atoms with Crippen molar-refractivity contribution in [3.05, 3.63) is 50.6 Å². The van der Waals surface area contributed by atoms with Crippen LogP contribution in [-0.4, -0.2) is 25.5 Å². The van der Waals surface area contributed by atoms with Crippen LogP contribution in [0.4, 0.5) is 5.69 Å². The molecule has 0 unspecified atom stereocenters. The maximum atomic E-state index is 11.8. The maximum Gasteiger partial charge on any atom is 0.227 e. The van der Waals surface area contributed by atoms with E-state index >= 15 is 0 Å². The third-order valence-corrected chi connectivity index (χ3v) is 5.69. The van der Waals surface area contributed by atoms with Crippen molar-refractivity contribution in [2.45, 2.75) is 25.9 Å². The van der Waals surface area contributed by atoms with E-state index in [-0.39, 0.29) is 5.91 Å². The molecule has 1 aromatic carbocycles. The number of halogens is 1. The molecule has 25 heavy (non-hydrogen) atoms. The van der Waals surface area contributed by atoms with Gasteiger partial charge < -0.3 is 15.5 Å². The van der Waals surface area contributed by atoms with Gasteiger partial charge in [0, 0.05) is 37.1 Å². The van der Waals surface area contributed by atoms with Crippen LogP contribution in [0.1, 0.15) is 23.3 Å². The number of hydrogen-bond acceptors (Lipinski definition) is 3. The fraction of sp³-hybridized carbons (Fsp3) is 0.333. The fourth-order valence-corrected chi connectivity index (χ4v) is 4.16. The molecule has 2 heterocycles. The second kappa shape index (κ2) is 8.49. The van der Waals surface area contributed by atoms with Crippen LogP contribution < -0.4 is 15.5 Å². The molecule has 0 saturated carbocycles. The topological polar surface area (TPSA) is 56.7 Å². The predicted molar refractivity (Wildman–Crippen MR) is 107 cm³/mol. The molecule has 1 fully saturated rings. The van der Waals surface area contributed by atoms with Gasteiger partial charge in [-0.2, -0.15) is 0 Å². The number of carbonyl (C=O) groups excluding carboxylic acids is 1. The monoisotopic (exact) mass is 420 g/mol. The van der Waals surface area contributed by atoms with Gasteiger partial charge in [0.25, 0.3) is 0 Å². The van der Waals surface area contributed by atoms with E-state index in [1.165, 1.54) is 4.88 Å². The summed E-state index contributed by atoms with van der Waals surface area (Å²) in [5.74, 6) is 0.985. The van der Waals surface area contributed by atoms with Crippen LogP contribution in [0.25, 0.3) is 0 Å². The minimum atomic E-state index is 0.218. The maximum absolute atomic E-state index is 11.8. The summed E-state index contributed by atoms with van der Waals surface area (Å²) < 4.78 is 1.13. The number of rotatable bonds is 5. The first-order valence-corrected chi connectivity index (χ1v) is 9.84. The second-order valence-corrected chi connectivity index (χ2v) is 8.35. The van der Waals surface area contributed by atoms with Gasteiger partial charge >= 0.3 is 0 Å². The van der Waals surface area contributed by atoms with Crippen LogP contribution in [0.5, 0.6) is 0 Å². The molecule has 2 aromatic rings. The van der Waals surface area contributed by atoms with Crippen molar-refractivity contribution >= 4 is 44.8 Å². The Bertz CT molecular complexity index is 757. The Labute approximate surface area is 160 Å². The number of aliphatic imine (C=N–C) groups is 1. The number of benzene rings is 1. The number of guanidine groups is 1. The third kappa shape index (κ3) is 4.83. The minimum absolute atomic E-state index is 0.218. The fourth-order valence-electron chi connectivity index (χ4n) is 2.74. The highest BCUT2D eigenvalue weighted by molar-refractivity contribution is 9.11. The number of hydrogen-bond donors (Lipinski definition) is 2. The van der Waals surface area contributed by atoms with E-state index in [0.29, 0.717) is 13.0 Å². The largest absolute Gasteiger partial charge is 0.352 e. The zero-order chi connectivity index (χ0) is 17.6. The van der Waals surface area contributed by atoms with Gasteiger partial charge in [0.1, 0.15) is 0 Å². The van der Waals surface area contributed by atoms with Crippen LogP contribution in [0.2, 0.25) is 0 Å². The standard InChI is InChI=1S/C18H21BrN4OS/c1-20-18(22-12-15-8-9-16(19)25-15)21-11-13-4-6-14(7-5-13)23-10-2-3-17(23)24/h4-9H,2-3,10-12H2,1H3,(H2,20,21,22). The molecule has 0 bridgehead atoms. The molecule has 0 radical (unpaired) electrons.